The van der Waals surface area contributed by atoms with E-state index < -0.39 is 5.97 Å². The molecular weight excluding hydrogens is 410 g/mol. The lowest BCUT2D eigenvalue weighted by Gasteiger charge is -2.23. The molecule has 5 nitrogen and oxygen atoms in total. The number of hydrogen-bond donors (Lipinski definition) is 0. The van der Waals surface area contributed by atoms with Crippen LogP contribution >= 0.6 is 15.9 Å². The minimum atomic E-state index is -0.433. The van der Waals surface area contributed by atoms with E-state index in [1.165, 1.54) is 0 Å². The van der Waals surface area contributed by atoms with E-state index in [9.17, 15) is 14.4 Å². The second kappa shape index (κ2) is 7.48. The highest BCUT2D eigenvalue weighted by Gasteiger charge is 2.30. The third-order valence-corrected chi connectivity index (χ3v) is 4.91. The number of anilines is 1. The summed E-state index contributed by atoms with van der Waals surface area (Å²) in [4.78, 5) is 38.9. The van der Waals surface area contributed by atoms with Crippen LogP contribution in [0.15, 0.2) is 53.0 Å². The first-order valence-corrected chi connectivity index (χ1v) is 9.15. The molecule has 6 heteroatoms. The minimum absolute atomic E-state index is 0.162. The molecule has 27 heavy (non-hydrogen) atoms. The van der Waals surface area contributed by atoms with Gasteiger partial charge in [0, 0.05) is 45.0 Å². The number of carbonyl (C=O) groups is 3. The van der Waals surface area contributed by atoms with Gasteiger partial charge in [-0.25, -0.2) is 4.79 Å². The quantitative estimate of drug-likeness (QED) is 0.457. The van der Waals surface area contributed by atoms with Crippen LogP contribution in [0.2, 0.25) is 0 Å². The summed E-state index contributed by atoms with van der Waals surface area (Å²) in [5.41, 5.74) is 2.72. The van der Waals surface area contributed by atoms with Gasteiger partial charge in [-0.2, -0.15) is 0 Å². The fraction of sp³-hybridized carbons (Fsp3) is 0.190. The van der Waals surface area contributed by atoms with Crippen molar-refractivity contribution in [2.45, 2.75) is 6.92 Å². The van der Waals surface area contributed by atoms with E-state index in [0.29, 0.717) is 34.4 Å². The lowest BCUT2D eigenvalue weighted by Crippen LogP contribution is -2.26. The Morgan fingerprint density at radius 2 is 1.63 bits per heavy atom. The van der Waals surface area contributed by atoms with Gasteiger partial charge < -0.3 is 9.64 Å². The summed E-state index contributed by atoms with van der Waals surface area (Å²) < 4.78 is 5.85. The van der Waals surface area contributed by atoms with E-state index >= 15 is 0 Å². The number of hydrogen-bond acceptors (Lipinski definition) is 5. The number of carbonyl (C=O) groups excluding carboxylic acids is 3. The topological polar surface area (TPSA) is 63.7 Å². The molecule has 0 N–H and O–H groups in total. The zero-order chi connectivity index (χ0) is 19.7. The Hall–Kier alpha value is -2.73. The van der Waals surface area contributed by atoms with Gasteiger partial charge in [-0.05, 0) is 43.3 Å². The third-order valence-electron chi connectivity index (χ3n) is 4.41. The normalized spacial score (nSPS) is 12.3. The van der Waals surface area contributed by atoms with Crippen molar-refractivity contribution in [2.24, 2.45) is 0 Å². The summed E-state index contributed by atoms with van der Waals surface area (Å²) in [7, 11) is 1.83. The van der Waals surface area contributed by atoms with Crippen molar-refractivity contribution in [3.8, 4) is 0 Å². The van der Waals surface area contributed by atoms with E-state index in [2.05, 4.69) is 22.5 Å². The molecule has 2 aromatic carbocycles. The summed E-state index contributed by atoms with van der Waals surface area (Å²) in [5.74, 6) is -0.765. The molecule has 0 amide bonds. The summed E-state index contributed by atoms with van der Waals surface area (Å²) in [6.45, 7) is 5.78. The predicted octanol–water partition coefficient (Wildman–Crippen LogP) is 3.78. The number of halogens is 1. The molecule has 2 aromatic rings. The number of ketones is 2. The first-order chi connectivity index (χ1) is 12.8. The monoisotopic (exact) mass is 427 g/mol. The third kappa shape index (κ3) is 3.71. The molecule has 3 rings (SSSR count). The summed E-state index contributed by atoms with van der Waals surface area (Å²) in [6, 6.07) is 10.3. The number of nitrogens with zero attached hydrogens (tertiary/aromatic N) is 1. The van der Waals surface area contributed by atoms with Gasteiger partial charge in [0.05, 0.1) is 6.54 Å². The van der Waals surface area contributed by atoms with E-state index in [1.807, 2.05) is 11.9 Å². The van der Waals surface area contributed by atoms with Crippen molar-refractivity contribution in [1.29, 1.82) is 0 Å². The highest BCUT2D eigenvalue weighted by atomic mass is 79.9. The molecule has 138 valence electrons. The second-order valence-electron chi connectivity index (χ2n) is 6.42. The average Bonchev–Trinajstić information content (AvgIpc) is 2.65. The second-order valence-corrected chi connectivity index (χ2v) is 7.33. The summed E-state index contributed by atoms with van der Waals surface area (Å²) in [5, 5.41) is 0. The Morgan fingerprint density at radius 1 is 1.04 bits per heavy atom. The van der Waals surface area contributed by atoms with Crippen LogP contribution in [0.4, 0.5) is 5.69 Å². The van der Waals surface area contributed by atoms with Crippen molar-refractivity contribution in [3.63, 3.8) is 0 Å². The molecule has 1 aliphatic rings. The average molecular weight is 428 g/mol. The molecule has 1 aliphatic carbocycles. The van der Waals surface area contributed by atoms with Gasteiger partial charge in [-0.1, -0.05) is 22.5 Å². The van der Waals surface area contributed by atoms with Crippen LogP contribution in [0.5, 0.6) is 0 Å². The fourth-order valence-corrected chi connectivity index (χ4v) is 3.24. The SMILES string of the molecule is C=C(C)C(=O)OCCN(C)c1ccc2c(c1)C(=O)c1ccc(Br)cc1C2=O. The first kappa shape index (κ1) is 19.0. The number of benzene rings is 2. The van der Waals surface area contributed by atoms with Crippen LogP contribution in [0.3, 0.4) is 0 Å². The van der Waals surface area contributed by atoms with Crippen LogP contribution < -0.4 is 4.90 Å². The number of likely N-dealkylation sites (N-methyl/N-ethyl adjacent to an activating group) is 1. The Balaban J connectivity index is 1.82. The molecule has 0 atom stereocenters. The van der Waals surface area contributed by atoms with Crippen LogP contribution in [0.25, 0.3) is 0 Å². The Labute approximate surface area is 165 Å². The predicted molar refractivity (Wildman–Crippen MR) is 106 cm³/mol. The summed E-state index contributed by atoms with van der Waals surface area (Å²) in [6.07, 6.45) is 0. The maximum absolute atomic E-state index is 12.9. The molecule has 0 bridgehead atoms. The Bertz CT molecular complexity index is 980. The lowest BCUT2D eigenvalue weighted by molar-refractivity contribution is -0.138. The van der Waals surface area contributed by atoms with Gasteiger partial charge in [-0.15, -0.1) is 0 Å². The molecule has 0 spiro atoms. The van der Waals surface area contributed by atoms with Crippen molar-refractivity contribution in [1.82, 2.24) is 0 Å². The molecule has 0 fully saturated rings. The molecule has 0 radical (unpaired) electrons. The molecule has 0 saturated carbocycles. The Kier molecular flexibility index (Phi) is 5.28. The van der Waals surface area contributed by atoms with Crippen LogP contribution in [0, 0.1) is 0 Å². The first-order valence-electron chi connectivity index (χ1n) is 8.36. The number of esters is 1. The maximum Gasteiger partial charge on any atom is 0.333 e. The smallest absolute Gasteiger partial charge is 0.333 e. The van der Waals surface area contributed by atoms with Gasteiger partial charge in [0.15, 0.2) is 11.6 Å². The molecule has 0 saturated heterocycles. The maximum atomic E-state index is 12.9. The van der Waals surface area contributed by atoms with E-state index in [1.54, 1.807) is 43.3 Å². The minimum Gasteiger partial charge on any atom is -0.460 e. The zero-order valence-electron chi connectivity index (χ0n) is 15.0. The fourth-order valence-electron chi connectivity index (χ4n) is 2.88. The Morgan fingerprint density at radius 3 is 2.26 bits per heavy atom. The van der Waals surface area contributed by atoms with Gasteiger partial charge in [0.25, 0.3) is 0 Å². The molecular formula is C21H18BrNO4. The number of fused-ring (bicyclic) bond motifs is 2. The largest absolute Gasteiger partial charge is 0.460 e. The van der Waals surface area contributed by atoms with Crippen LogP contribution in [0.1, 0.15) is 38.8 Å². The standard InChI is InChI=1S/C21H18BrNO4/c1-12(2)21(26)27-9-8-23(3)14-5-7-16-18(11-14)20(25)15-6-4-13(22)10-17(15)19(16)24/h4-7,10-11H,1,8-9H2,2-3H3. The molecule has 0 aromatic heterocycles. The van der Waals surface area contributed by atoms with Gasteiger partial charge in [0.1, 0.15) is 6.61 Å². The summed E-state index contributed by atoms with van der Waals surface area (Å²) >= 11 is 3.34. The molecule has 0 aliphatic heterocycles. The van der Waals surface area contributed by atoms with E-state index in [0.717, 1.165) is 10.2 Å². The van der Waals surface area contributed by atoms with Gasteiger partial charge in [0.2, 0.25) is 0 Å². The van der Waals surface area contributed by atoms with Crippen molar-refractivity contribution < 1.29 is 19.1 Å². The highest BCUT2D eigenvalue weighted by Crippen LogP contribution is 2.31. The number of ether oxygens (including phenoxy) is 1. The molecule has 0 unspecified atom stereocenters. The molecule has 0 heterocycles. The lowest BCUT2D eigenvalue weighted by atomic mass is 9.84. The van der Waals surface area contributed by atoms with Crippen molar-refractivity contribution in [2.75, 3.05) is 25.1 Å². The van der Waals surface area contributed by atoms with Gasteiger partial charge >= 0.3 is 5.97 Å². The van der Waals surface area contributed by atoms with Gasteiger partial charge in [-0.3, -0.25) is 9.59 Å². The van der Waals surface area contributed by atoms with Crippen LogP contribution in [-0.2, 0) is 9.53 Å². The zero-order valence-corrected chi connectivity index (χ0v) is 16.6. The van der Waals surface area contributed by atoms with Crippen LogP contribution in [-0.4, -0.2) is 37.7 Å². The van der Waals surface area contributed by atoms with E-state index in [-0.39, 0.29) is 18.2 Å². The van der Waals surface area contributed by atoms with Crippen molar-refractivity contribution >= 4 is 39.2 Å². The van der Waals surface area contributed by atoms with E-state index in [4.69, 9.17) is 4.74 Å². The number of rotatable bonds is 5. The highest BCUT2D eigenvalue weighted by molar-refractivity contribution is 9.10. The van der Waals surface area contributed by atoms with Crippen molar-refractivity contribution in [3.05, 3.63) is 75.3 Å².